The molecule has 0 saturated carbocycles. The fourth-order valence-electron chi connectivity index (χ4n) is 1.90. The van der Waals surface area contributed by atoms with Crippen molar-refractivity contribution in [3.05, 3.63) is 46.5 Å². The maximum atomic E-state index is 12.3. The summed E-state index contributed by atoms with van der Waals surface area (Å²) in [6, 6.07) is 4.97. The molecule has 0 atom stereocenters. The molecule has 0 aliphatic carbocycles. The number of aromatic nitrogens is 2. The van der Waals surface area contributed by atoms with Crippen molar-refractivity contribution in [3.63, 3.8) is 0 Å². The van der Waals surface area contributed by atoms with Gasteiger partial charge in [-0.15, -0.1) is 0 Å². The zero-order chi connectivity index (χ0) is 15.5. The Morgan fingerprint density at radius 1 is 1.43 bits per heavy atom. The summed E-state index contributed by atoms with van der Waals surface area (Å²) in [5.74, 6) is 0.829. The van der Waals surface area contributed by atoms with E-state index in [1.807, 2.05) is 17.8 Å². The Morgan fingerprint density at radius 2 is 2.19 bits per heavy atom. The van der Waals surface area contributed by atoms with Gasteiger partial charge in [-0.25, -0.2) is 18.1 Å². The monoisotopic (exact) mass is 372 g/mol. The quantitative estimate of drug-likeness (QED) is 0.795. The molecular weight excluding hydrogens is 356 g/mol. The van der Waals surface area contributed by atoms with E-state index in [-0.39, 0.29) is 11.4 Å². The Labute approximate surface area is 132 Å². The van der Waals surface area contributed by atoms with Crippen molar-refractivity contribution < 1.29 is 8.42 Å². The molecule has 3 N–H and O–H groups in total. The molecule has 114 valence electrons. The molecule has 2 rings (SSSR count). The summed E-state index contributed by atoms with van der Waals surface area (Å²) < 4.78 is 29.5. The van der Waals surface area contributed by atoms with Crippen LogP contribution in [0.15, 0.2) is 40.0 Å². The highest BCUT2D eigenvalue weighted by Gasteiger charge is 2.17. The first-order chi connectivity index (χ1) is 9.94. The third-order valence-corrected chi connectivity index (χ3v) is 5.52. The van der Waals surface area contributed by atoms with E-state index in [2.05, 4.69) is 25.6 Å². The number of hydrogen-bond donors (Lipinski definition) is 2. The van der Waals surface area contributed by atoms with Crippen molar-refractivity contribution >= 4 is 26.0 Å². The van der Waals surface area contributed by atoms with E-state index in [1.165, 1.54) is 0 Å². The van der Waals surface area contributed by atoms with Crippen LogP contribution in [0.1, 0.15) is 11.4 Å². The Kier molecular flexibility index (Phi) is 5.15. The second kappa shape index (κ2) is 6.69. The molecule has 0 spiro atoms. The minimum Gasteiger partial charge on any atom is -0.338 e. The summed E-state index contributed by atoms with van der Waals surface area (Å²) in [6.45, 7) is 0.657. The number of aryl methyl sites for hydroxylation is 1. The molecule has 1 heterocycles. The van der Waals surface area contributed by atoms with Gasteiger partial charge in [0.15, 0.2) is 0 Å². The fourth-order valence-corrected chi connectivity index (χ4v) is 4.06. The van der Waals surface area contributed by atoms with E-state index >= 15 is 0 Å². The highest BCUT2D eigenvalue weighted by atomic mass is 79.9. The van der Waals surface area contributed by atoms with Crippen molar-refractivity contribution in [3.8, 4) is 0 Å². The van der Waals surface area contributed by atoms with Crippen LogP contribution in [0, 0.1) is 0 Å². The number of benzene rings is 1. The summed E-state index contributed by atoms with van der Waals surface area (Å²) in [5, 5.41) is 0. The van der Waals surface area contributed by atoms with Gasteiger partial charge in [-0.1, -0.05) is 6.07 Å². The van der Waals surface area contributed by atoms with Gasteiger partial charge in [-0.3, -0.25) is 0 Å². The molecule has 0 unspecified atom stereocenters. The second-order valence-electron chi connectivity index (χ2n) is 4.57. The molecule has 2 aromatic rings. The van der Waals surface area contributed by atoms with Crippen LogP contribution < -0.4 is 10.5 Å². The predicted molar refractivity (Wildman–Crippen MR) is 84.1 cm³/mol. The molecule has 0 bridgehead atoms. The van der Waals surface area contributed by atoms with Crippen LogP contribution in [0.2, 0.25) is 0 Å². The average Bonchev–Trinajstić information content (AvgIpc) is 2.83. The van der Waals surface area contributed by atoms with E-state index < -0.39 is 10.0 Å². The van der Waals surface area contributed by atoms with Gasteiger partial charge >= 0.3 is 0 Å². The molecule has 0 saturated heterocycles. The van der Waals surface area contributed by atoms with Crippen molar-refractivity contribution in [2.45, 2.75) is 17.9 Å². The normalized spacial score (nSPS) is 11.8. The number of nitrogens with two attached hydrogens (primary N) is 1. The Hall–Kier alpha value is -1.22. The largest absolute Gasteiger partial charge is 0.338 e. The molecule has 0 radical (unpaired) electrons. The van der Waals surface area contributed by atoms with E-state index in [1.54, 1.807) is 24.4 Å². The number of nitrogens with zero attached hydrogens (tertiary/aromatic N) is 2. The lowest BCUT2D eigenvalue weighted by molar-refractivity contribution is 0.579. The van der Waals surface area contributed by atoms with Gasteiger partial charge in [0, 0.05) is 43.4 Å². The van der Waals surface area contributed by atoms with Crippen molar-refractivity contribution in [2.24, 2.45) is 12.8 Å². The molecule has 0 aliphatic rings. The van der Waals surface area contributed by atoms with Gasteiger partial charge in [-0.05, 0) is 33.6 Å². The zero-order valence-corrected chi connectivity index (χ0v) is 14.0. The highest BCUT2D eigenvalue weighted by molar-refractivity contribution is 9.10. The Morgan fingerprint density at radius 3 is 2.76 bits per heavy atom. The van der Waals surface area contributed by atoms with E-state index in [0.29, 0.717) is 17.4 Å². The van der Waals surface area contributed by atoms with Crippen LogP contribution in [-0.4, -0.2) is 24.5 Å². The maximum Gasteiger partial charge on any atom is 0.241 e. The molecular formula is C13H17BrN4O2S. The average molecular weight is 373 g/mol. The van der Waals surface area contributed by atoms with E-state index in [4.69, 9.17) is 5.73 Å². The maximum absolute atomic E-state index is 12.3. The standard InChI is InChI=1S/C13H17BrN4O2S/c1-18-7-6-16-13(18)4-5-17-21(19,20)12-3-2-10(9-15)8-11(12)14/h2-3,6-8,17H,4-5,9,15H2,1H3. The highest BCUT2D eigenvalue weighted by Crippen LogP contribution is 2.23. The molecule has 21 heavy (non-hydrogen) atoms. The van der Waals surface area contributed by atoms with Gasteiger partial charge < -0.3 is 10.3 Å². The van der Waals surface area contributed by atoms with Crippen molar-refractivity contribution in [2.75, 3.05) is 6.54 Å². The minimum atomic E-state index is -3.56. The lowest BCUT2D eigenvalue weighted by Crippen LogP contribution is -2.27. The van der Waals surface area contributed by atoms with Crippen LogP contribution in [0.25, 0.3) is 0 Å². The third kappa shape index (κ3) is 3.91. The van der Waals surface area contributed by atoms with Crippen molar-refractivity contribution in [1.29, 1.82) is 0 Å². The minimum absolute atomic E-state index is 0.208. The van der Waals surface area contributed by atoms with Gasteiger partial charge in [0.25, 0.3) is 0 Å². The topological polar surface area (TPSA) is 90.0 Å². The SMILES string of the molecule is Cn1ccnc1CCNS(=O)(=O)c1ccc(CN)cc1Br. The summed E-state index contributed by atoms with van der Waals surface area (Å²) in [4.78, 5) is 4.36. The summed E-state index contributed by atoms with van der Waals surface area (Å²) in [7, 11) is -1.68. The first-order valence-electron chi connectivity index (χ1n) is 6.38. The van der Waals surface area contributed by atoms with E-state index in [9.17, 15) is 8.42 Å². The van der Waals surface area contributed by atoms with Gasteiger partial charge in [0.1, 0.15) is 5.82 Å². The van der Waals surface area contributed by atoms with Gasteiger partial charge in [0.05, 0.1) is 4.90 Å². The van der Waals surface area contributed by atoms with Crippen LogP contribution in [0.4, 0.5) is 0 Å². The smallest absolute Gasteiger partial charge is 0.241 e. The van der Waals surface area contributed by atoms with Crippen LogP contribution in [0.3, 0.4) is 0 Å². The second-order valence-corrected chi connectivity index (χ2v) is 7.16. The molecule has 8 heteroatoms. The summed E-state index contributed by atoms with van der Waals surface area (Å²) >= 11 is 3.27. The first-order valence-corrected chi connectivity index (χ1v) is 8.66. The molecule has 1 aromatic heterocycles. The fraction of sp³-hybridized carbons (Fsp3) is 0.308. The molecule has 0 fully saturated rings. The molecule has 1 aromatic carbocycles. The van der Waals surface area contributed by atoms with Crippen molar-refractivity contribution in [1.82, 2.24) is 14.3 Å². The zero-order valence-electron chi connectivity index (χ0n) is 11.6. The molecule has 6 nitrogen and oxygen atoms in total. The first kappa shape index (κ1) is 16.2. The summed E-state index contributed by atoms with van der Waals surface area (Å²) in [6.07, 6.45) is 4.04. The number of imidazole rings is 1. The number of nitrogens with one attached hydrogen (secondary N) is 1. The van der Waals surface area contributed by atoms with Crippen LogP contribution in [-0.2, 0) is 30.0 Å². The number of rotatable bonds is 6. The number of hydrogen-bond acceptors (Lipinski definition) is 4. The van der Waals surface area contributed by atoms with Crippen LogP contribution in [0.5, 0.6) is 0 Å². The summed E-state index contributed by atoms with van der Waals surface area (Å²) in [5.41, 5.74) is 6.40. The number of halogens is 1. The third-order valence-electron chi connectivity index (χ3n) is 3.08. The van der Waals surface area contributed by atoms with E-state index in [0.717, 1.165) is 11.4 Å². The number of sulfonamides is 1. The predicted octanol–water partition coefficient (Wildman–Crippen LogP) is 1.16. The lowest BCUT2D eigenvalue weighted by atomic mass is 10.2. The Balaban J connectivity index is 2.06. The van der Waals surface area contributed by atoms with Gasteiger partial charge in [0.2, 0.25) is 10.0 Å². The lowest BCUT2D eigenvalue weighted by Gasteiger charge is -2.09. The molecule has 0 amide bonds. The van der Waals surface area contributed by atoms with Crippen LogP contribution >= 0.6 is 15.9 Å². The molecule has 0 aliphatic heterocycles. The Bertz CT molecular complexity index is 728. The van der Waals surface area contributed by atoms with Gasteiger partial charge in [-0.2, -0.15) is 0 Å².